The smallest absolute Gasteiger partial charge is 0.255 e. The molecule has 3 rings (SSSR count). The number of aromatic amines is 1. The zero-order chi connectivity index (χ0) is 17.1. The van der Waals surface area contributed by atoms with Crippen molar-refractivity contribution in [2.75, 3.05) is 5.32 Å². The molecule has 0 bridgehead atoms. The highest BCUT2D eigenvalue weighted by atomic mass is 16.1. The molecule has 3 N–H and O–H groups in total. The topological polar surface area (TPSA) is 82.7 Å². The second-order valence-electron chi connectivity index (χ2n) is 6.03. The van der Waals surface area contributed by atoms with Crippen LogP contribution in [0.1, 0.15) is 43.0 Å². The third-order valence-corrected chi connectivity index (χ3v) is 3.64. The standard InChI is InChI=1S/C18H21N5O/c1-11(2)20-17-13(7-6-10-19-17)18(24)21-12(3)16-22-14-8-4-5-9-15(14)23-16/h4-12H,1-3H3,(H,19,20)(H,21,24)(H,22,23)/t12-/m0/s1. The lowest BCUT2D eigenvalue weighted by molar-refractivity contribution is 0.0939. The van der Waals surface area contributed by atoms with Crippen molar-refractivity contribution < 1.29 is 4.79 Å². The molecule has 0 radical (unpaired) electrons. The van der Waals surface area contributed by atoms with Crippen molar-refractivity contribution in [3.8, 4) is 0 Å². The summed E-state index contributed by atoms with van der Waals surface area (Å²) >= 11 is 0. The van der Waals surface area contributed by atoms with E-state index in [-0.39, 0.29) is 18.0 Å². The molecule has 0 unspecified atom stereocenters. The molecule has 0 fully saturated rings. The predicted molar refractivity (Wildman–Crippen MR) is 95.0 cm³/mol. The molecule has 2 aromatic heterocycles. The van der Waals surface area contributed by atoms with Crippen LogP contribution < -0.4 is 10.6 Å². The van der Waals surface area contributed by atoms with Gasteiger partial charge in [-0.05, 0) is 45.0 Å². The number of rotatable bonds is 5. The zero-order valence-corrected chi connectivity index (χ0v) is 14.0. The molecule has 124 valence electrons. The van der Waals surface area contributed by atoms with Gasteiger partial charge < -0.3 is 15.6 Å². The number of benzene rings is 1. The molecule has 0 spiro atoms. The van der Waals surface area contributed by atoms with Crippen molar-refractivity contribution in [3.05, 3.63) is 54.0 Å². The van der Waals surface area contributed by atoms with Crippen LogP contribution in [0.5, 0.6) is 0 Å². The van der Waals surface area contributed by atoms with Gasteiger partial charge in [0.2, 0.25) is 0 Å². The molecule has 0 aliphatic rings. The Hall–Kier alpha value is -2.89. The fourth-order valence-electron chi connectivity index (χ4n) is 2.50. The number of nitrogens with zero attached hydrogens (tertiary/aromatic N) is 2. The molecular formula is C18H21N5O. The lowest BCUT2D eigenvalue weighted by Crippen LogP contribution is -2.28. The van der Waals surface area contributed by atoms with E-state index in [4.69, 9.17) is 0 Å². The Morgan fingerprint density at radius 3 is 2.67 bits per heavy atom. The van der Waals surface area contributed by atoms with Crippen LogP contribution in [0.25, 0.3) is 11.0 Å². The van der Waals surface area contributed by atoms with Gasteiger partial charge in [-0.3, -0.25) is 4.79 Å². The van der Waals surface area contributed by atoms with Crippen molar-refractivity contribution in [1.82, 2.24) is 20.3 Å². The van der Waals surface area contributed by atoms with Crippen LogP contribution in [-0.4, -0.2) is 26.9 Å². The van der Waals surface area contributed by atoms with E-state index in [2.05, 4.69) is 25.6 Å². The van der Waals surface area contributed by atoms with Crippen LogP contribution in [0, 0.1) is 0 Å². The average Bonchev–Trinajstić information content (AvgIpc) is 2.99. The maximum absolute atomic E-state index is 12.6. The molecule has 0 aliphatic heterocycles. The van der Waals surface area contributed by atoms with E-state index in [1.807, 2.05) is 45.0 Å². The van der Waals surface area contributed by atoms with Gasteiger partial charge in [0.25, 0.3) is 5.91 Å². The Labute approximate surface area is 140 Å². The van der Waals surface area contributed by atoms with E-state index in [1.165, 1.54) is 0 Å². The molecule has 0 aliphatic carbocycles. The van der Waals surface area contributed by atoms with Gasteiger partial charge >= 0.3 is 0 Å². The number of hydrogen-bond acceptors (Lipinski definition) is 4. The van der Waals surface area contributed by atoms with E-state index in [9.17, 15) is 4.79 Å². The van der Waals surface area contributed by atoms with Crippen molar-refractivity contribution in [2.24, 2.45) is 0 Å². The monoisotopic (exact) mass is 323 g/mol. The molecule has 1 amide bonds. The maximum atomic E-state index is 12.6. The average molecular weight is 323 g/mol. The number of imidazole rings is 1. The number of fused-ring (bicyclic) bond motifs is 1. The molecule has 3 aromatic rings. The number of aromatic nitrogens is 3. The summed E-state index contributed by atoms with van der Waals surface area (Å²) < 4.78 is 0. The molecule has 1 atom stereocenters. The maximum Gasteiger partial charge on any atom is 0.255 e. The highest BCUT2D eigenvalue weighted by Crippen LogP contribution is 2.18. The van der Waals surface area contributed by atoms with Gasteiger partial charge in [-0.2, -0.15) is 0 Å². The second kappa shape index (κ2) is 6.70. The highest BCUT2D eigenvalue weighted by Gasteiger charge is 2.18. The van der Waals surface area contributed by atoms with Gasteiger partial charge in [0, 0.05) is 12.2 Å². The van der Waals surface area contributed by atoms with Crippen LogP contribution >= 0.6 is 0 Å². The van der Waals surface area contributed by atoms with Gasteiger partial charge in [0.05, 0.1) is 22.6 Å². The van der Waals surface area contributed by atoms with Crippen molar-refractivity contribution in [2.45, 2.75) is 32.9 Å². The Morgan fingerprint density at radius 2 is 1.92 bits per heavy atom. The summed E-state index contributed by atoms with van der Waals surface area (Å²) in [5.74, 6) is 1.13. The van der Waals surface area contributed by atoms with E-state index < -0.39 is 0 Å². The molecule has 2 heterocycles. The number of hydrogen-bond donors (Lipinski definition) is 3. The third kappa shape index (κ3) is 3.37. The second-order valence-corrected chi connectivity index (χ2v) is 6.03. The minimum atomic E-state index is -0.239. The van der Waals surface area contributed by atoms with Crippen LogP contribution in [0.4, 0.5) is 5.82 Å². The number of amides is 1. The number of carbonyl (C=O) groups excluding carboxylic acids is 1. The van der Waals surface area contributed by atoms with Crippen LogP contribution in [-0.2, 0) is 0 Å². The largest absolute Gasteiger partial charge is 0.367 e. The lowest BCUT2D eigenvalue weighted by atomic mass is 10.2. The minimum Gasteiger partial charge on any atom is -0.367 e. The highest BCUT2D eigenvalue weighted by molar-refractivity contribution is 5.98. The van der Waals surface area contributed by atoms with Crippen molar-refractivity contribution in [1.29, 1.82) is 0 Å². The van der Waals surface area contributed by atoms with Gasteiger partial charge in [-0.1, -0.05) is 12.1 Å². The fraction of sp³-hybridized carbons (Fsp3) is 0.278. The summed E-state index contributed by atoms with van der Waals surface area (Å²) in [6.07, 6.45) is 1.67. The number of pyridine rings is 1. The van der Waals surface area contributed by atoms with E-state index >= 15 is 0 Å². The normalized spacial score (nSPS) is 12.3. The number of carbonyl (C=O) groups is 1. The molecule has 24 heavy (non-hydrogen) atoms. The first-order valence-corrected chi connectivity index (χ1v) is 8.01. The molecule has 6 nitrogen and oxygen atoms in total. The molecule has 6 heteroatoms. The van der Waals surface area contributed by atoms with Crippen LogP contribution in [0.15, 0.2) is 42.6 Å². The lowest BCUT2D eigenvalue weighted by Gasteiger charge is -2.15. The summed E-state index contributed by atoms with van der Waals surface area (Å²) in [7, 11) is 0. The number of H-pyrrole nitrogens is 1. The van der Waals surface area contributed by atoms with Gasteiger partial charge in [-0.15, -0.1) is 0 Å². The molecule has 0 saturated carbocycles. The fourth-order valence-corrected chi connectivity index (χ4v) is 2.50. The SMILES string of the molecule is CC(C)Nc1ncccc1C(=O)N[C@@H](C)c1nc2ccccc2[nH]1. The Bertz CT molecular complexity index is 822. The zero-order valence-electron chi connectivity index (χ0n) is 14.0. The summed E-state index contributed by atoms with van der Waals surface area (Å²) in [5, 5.41) is 6.17. The quantitative estimate of drug-likeness (QED) is 0.673. The molecule has 0 saturated heterocycles. The molecular weight excluding hydrogens is 302 g/mol. The van der Waals surface area contributed by atoms with Crippen molar-refractivity contribution in [3.63, 3.8) is 0 Å². The van der Waals surface area contributed by atoms with Gasteiger partial charge in [-0.25, -0.2) is 9.97 Å². The summed E-state index contributed by atoms with van der Waals surface area (Å²) in [4.78, 5) is 24.6. The van der Waals surface area contributed by atoms with Gasteiger partial charge in [0.15, 0.2) is 0 Å². The van der Waals surface area contributed by atoms with Gasteiger partial charge in [0.1, 0.15) is 11.6 Å². The first kappa shape index (κ1) is 16.0. The minimum absolute atomic E-state index is 0.181. The third-order valence-electron chi connectivity index (χ3n) is 3.64. The van der Waals surface area contributed by atoms with E-state index in [0.29, 0.717) is 11.4 Å². The first-order valence-electron chi connectivity index (χ1n) is 8.01. The number of para-hydroxylation sites is 2. The Kier molecular flexibility index (Phi) is 4.46. The predicted octanol–water partition coefficient (Wildman–Crippen LogP) is 3.27. The first-order chi connectivity index (χ1) is 11.5. The summed E-state index contributed by atoms with van der Waals surface area (Å²) in [5.41, 5.74) is 2.36. The summed E-state index contributed by atoms with van der Waals surface area (Å²) in [6, 6.07) is 11.3. The van der Waals surface area contributed by atoms with E-state index in [1.54, 1.807) is 18.3 Å². The molecule has 1 aromatic carbocycles. The van der Waals surface area contributed by atoms with Crippen molar-refractivity contribution >= 4 is 22.8 Å². The Balaban J connectivity index is 1.79. The summed E-state index contributed by atoms with van der Waals surface area (Å²) in [6.45, 7) is 5.92. The van der Waals surface area contributed by atoms with Crippen LogP contribution in [0.2, 0.25) is 0 Å². The number of nitrogens with one attached hydrogen (secondary N) is 3. The Morgan fingerprint density at radius 1 is 1.12 bits per heavy atom. The van der Waals surface area contributed by atoms with Crippen LogP contribution in [0.3, 0.4) is 0 Å². The van der Waals surface area contributed by atoms with E-state index in [0.717, 1.165) is 16.9 Å². The number of anilines is 1.